The lowest BCUT2D eigenvalue weighted by Gasteiger charge is -2.23. The van der Waals surface area contributed by atoms with Gasteiger partial charge in [-0.25, -0.2) is 0 Å². The van der Waals surface area contributed by atoms with E-state index >= 15 is 0 Å². The lowest BCUT2D eigenvalue weighted by Crippen LogP contribution is -2.38. The minimum Gasteiger partial charge on any atom is -0.339 e. The zero-order valence-corrected chi connectivity index (χ0v) is 12.4. The molecule has 1 atom stereocenters. The Labute approximate surface area is 119 Å². The fourth-order valence-corrected chi connectivity index (χ4v) is 3.95. The molecule has 2 aliphatic rings. The van der Waals surface area contributed by atoms with Gasteiger partial charge in [-0.1, -0.05) is 24.9 Å². The summed E-state index contributed by atoms with van der Waals surface area (Å²) >= 11 is 2.00. The summed E-state index contributed by atoms with van der Waals surface area (Å²) < 4.78 is 5.44. The molecule has 2 fully saturated rings. The van der Waals surface area contributed by atoms with E-state index in [1.807, 2.05) is 11.8 Å². The first-order valence-corrected chi connectivity index (χ1v) is 8.60. The Balaban J connectivity index is 1.56. The van der Waals surface area contributed by atoms with Gasteiger partial charge in [0, 0.05) is 36.4 Å². The van der Waals surface area contributed by atoms with Crippen LogP contribution in [0, 0.1) is 5.92 Å². The fourth-order valence-electron chi connectivity index (χ4n) is 3.00. The molecule has 1 aliphatic heterocycles. The zero-order chi connectivity index (χ0) is 13.1. The topological polar surface area (TPSA) is 51.0 Å². The van der Waals surface area contributed by atoms with E-state index in [0.29, 0.717) is 12.0 Å². The van der Waals surface area contributed by atoms with Gasteiger partial charge in [0.2, 0.25) is 5.89 Å². The number of rotatable bonds is 3. The highest BCUT2D eigenvalue weighted by molar-refractivity contribution is 7.99. The van der Waals surface area contributed by atoms with Crippen LogP contribution in [-0.2, 0) is 6.42 Å². The molecule has 19 heavy (non-hydrogen) atoms. The summed E-state index contributed by atoms with van der Waals surface area (Å²) in [7, 11) is 0. The van der Waals surface area contributed by atoms with E-state index in [1.165, 1.54) is 31.4 Å². The van der Waals surface area contributed by atoms with Crippen LogP contribution >= 0.6 is 11.8 Å². The van der Waals surface area contributed by atoms with Crippen molar-refractivity contribution >= 4 is 11.8 Å². The zero-order valence-electron chi connectivity index (χ0n) is 11.6. The lowest BCUT2D eigenvalue weighted by atomic mass is 9.83. The van der Waals surface area contributed by atoms with Gasteiger partial charge >= 0.3 is 0 Å². The maximum absolute atomic E-state index is 5.44. The van der Waals surface area contributed by atoms with Crippen LogP contribution in [0.1, 0.15) is 50.2 Å². The third-order valence-electron chi connectivity index (χ3n) is 4.28. The molecule has 106 valence electrons. The first-order valence-electron chi connectivity index (χ1n) is 7.45. The minimum atomic E-state index is 0.499. The van der Waals surface area contributed by atoms with Crippen molar-refractivity contribution in [3.63, 3.8) is 0 Å². The molecule has 0 radical (unpaired) electrons. The van der Waals surface area contributed by atoms with Crippen LogP contribution in [0.4, 0.5) is 0 Å². The van der Waals surface area contributed by atoms with Gasteiger partial charge in [0.1, 0.15) is 0 Å². The predicted molar refractivity (Wildman–Crippen MR) is 77.5 cm³/mol. The average molecular weight is 281 g/mol. The van der Waals surface area contributed by atoms with E-state index in [2.05, 4.69) is 22.4 Å². The van der Waals surface area contributed by atoms with E-state index in [-0.39, 0.29) is 0 Å². The number of thioether (sulfide) groups is 1. The first-order chi connectivity index (χ1) is 9.31. The van der Waals surface area contributed by atoms with Crippen LogP contribution in [0.5, 0.6) is 0 Å². The lowest BCUT2D eigenvalue weighted by molar-refractivity contribution is 0.321. The summed E-state index contributed by atoms with van der Waals surface area (Å²) in [6.45, 7) is 3.43. The van der Waals surface area contributed by atoms with Crippen molar-refractivity contribution in [1.82, 2.24) is 15.5 Å². The van der Waals surface area contributed by atoms with Crippen molar-refractivity contribution in [2.75, 3.05) is 18.1 Å². The Morgan fingerprint density at radius 3 is 2.89 bits per heavy atom. The molecule has 5 heteroatoms. The Bertz CT molecular complexity index is 395. The SMILES string of the molecule is CC1CCC(c2noc(CC3CSCCN3)n2)CC1. The summed E-state index contributed by atoms with van der Waals surface area (Å²) in [5, 5.41) is 7.72. The van der Waals surface area contributed by atoms with Gasteiger partial charge in [-0.15, -0.1) is 0 Å². The highest BCUT2D eigenvalue weighted by atomic mass is 32.2. The minimum absolute atomic E-state index is 0.499. The first kappa shape index (κ1) is 13.4. The van der Waals surface area contributed by atoms with Crippen molar-refractivity contribution in [1.29, 1.82) is 0 Å². The molecule has 1 unspecified atom stereocenters. The van der Waals surface area contributed by atoms with Gasteiger partial charge < -0.3 is 9.84 Å². The molecular formula is C14H23N3OS. The Hall–Kier alpha value is -0.550. The summed E-state index contributed by atoms with van der Waals surface area (Å²) in [6, 6.07) is 0.499. The van der Waals surface area contributed by atoms with E-state index < -0.39 is 0 Å². The molecule has 0 aromatic carbocycles. The predicted octanol–water partition coefficient (Wildman–Crippen LogP) is 2.61. The normalized spacial score (nSPS) is 32.4. The van der Waals surface area contributed by atoms with Crippen molar-refractivity contribution in [3.05, 3.63) is 11.7 Å². The smallest absolute Gasteiger partial charge is 0.228 e. The summed E-state index contributed by atoms with van der Waals surface area (Å²) in [6.07, 6.45) is 5.92. The molecule has 2 heterocycles. The molecule has 1 aromatic rings. The molecule has 1 saturated heterocycles. The monoisotopic (exact) mass is 281 g/mol. The number of hydrogen-bond acceptors (Lipinski definition) is 5. The number of nitrogens with one attached hydrogen (secondary N) is 1. The van der Waals surface area contributed by atoms with Crippen LogP contribution < -0.4 is 5.32 Å². The number of nitrogens with zero attached hydrogens (tertiary/aromatic N) is 2. The van der Waals surface area contributed by atoms with Crippen molar-refractivity contribution in [3.8, 4) is 0 Å². The standard InChI is InChI=1S/C14H23N3OS/c1-10-2-4-11(5-3-10)14-16-13(18-17-14)8-12-9-19-7-6-15-12/h10-12,15H,2-9H2,1H3. The largest absolute Gasteiger partial charge is 0.339 e. The van der Waals surface area contributed by atoms with Gasteiger partial charge in [-0.3, -0.25) is 0 Å². The third kappa shape index (κ3) is 3.51. The molecule has 1 aromatic heterocycles. The second kappa shape index (κ2) is 6.27. The van der Waals surface area contributed by atoms with E-state index in [0.717, 1.165) is 36.4 Å². The summed E-state index contributed by atoms with van der Waals surface area (Å²) in [5.41, 5.74) is 0. The van der Waals surface area contributed by atoms with Crippen molar-refractivity contribution < 1.29 is 4.52 Å². The van der Waals surface area contributed by atoms with Gasteiger partial charge in [0.15, 0.2) is 5.82 Å². The fraction of sp³-hybridized carbons (Fsp3) is 0.857. The Kier molecular flexibility index (Phi) is 4.43. The van der Waals surface area contributed by atoms with E-state index in [4.69, 9.17) is 4.52 Å². The van der Waals surface area contributed by atoms with Crippen molar-refractivity contribution in [2.45, 2.75) is 51.0 Å². The molecule has 1 N–H and O–H groups in total. The van der Waals surface area contributed by atoms with Gasteiger partial charge in [-0.05, 0) is 18.8 Å². The van der Waals surface area contributed by atoms with Gasteiger partial charge in [-0.2, -0.15) is 16.7 Å². The molecule has 0 bridgehead atoms. The van der Waals surface area contributed by atoms with Gasteiger partial charge in [0.05, 0.1) is 0 Å². The molecular weight excluding hydrogens is 258 g/mol. The maximum Gasteiger partial charge on any atom is 0.228 e. The molecule has 1 aliphatic carbocycles. The van der Waals surface area contributed by atoms with Crippen LogP contribution in [0.25, 0.3) is 0 Å². The average Bonchev–Trinajstić information content (AvgIpc) is 2.89. The van der Waals surface area contributed by atoms with Crippen LogP contribution in [0.15, 0.2) is 4.52 Å². The van der Waals surface area contributed by atoms with E-state index in [1.54, 1.807) is 0 Å². The van der Waals surface area contributed by atoms with E-state index in [9.17, 15) is 0 Å². The quantitative estimate of drug-likeness (QED) is 0.923. The molecule has 3 rings (SSSR count). The Morgan fingerprint density at radius 1 is 1.32 bits per heavy atom. The highest BCUT2D eigenvalue weighted by Crippen LogP contribution is 2.34. The second-order valence-corrected chi connectivity index (χ2v) is 7.08. The third-order valence-corrected chi connectivity index (χ3v) is 5.42. The van der Waals surface area contributed by atoms with Crippen molar-refractivity contribution in [2.24, 2.45) is 5.92 Å². The molecule has 1 saturated carbocycles. The summed E-state index contributed by atoms with van der Waals surface area (Å²) in [5.74, 6) is 5.53. The molecule has 0 spiro atoms. The second-order valence-electron chi connectivity index (χ2n) is 5.93. The highest BCUT2D eigenvalue weighted by Gasteiger charge is 2.24. The van der Waals surface area contributed by atoms with Crippen LogP contribution in [0.3, 0.4) is 0 Å². The summed E-state index contributed by atoms with van der Waals surface area (Å²) in [4.78, 5) is 4.63. The van der Waals surface area contributed by atoms with Gasteiger partial charge in [0.25, 0.3) is 0 Å². The number of aromatic nitrogens is 2. The van der Waals surface area contributed by atoms with Crippen LogP contribution in [-0.4, -0.2) is 34.2 Å². The van der Waals surface area contributed by atoms with Crippen LogP contribution in [0.2, 0.25) is 0 Å². The Morgan fingerprint density at radius 2 is 2.16 bits per heavy atom. The molecule has 0 amide bonds. The molecule has 4 nitrogen and oxygen atoms in total. The number of hydrogen-bond donors (Lipinski definition) is 1. The maximum atomic E-state index is 5.44.